The lowest BCUT2D eigenvalue weighted by molar-refractivity contribution is 0.0955. The van der Waals surface area contributed by atoms with E-state index in [-0.39, 0.29) is 5.91 Å². The highest BCUT2D eigenvalue weighted by Gasteiger charge is 2.06. The fraction of sp³-hybridized carbons (Fsp3) is 0.182. The van der Waals surface area contributed by atoms with Crippen molar-refractivity contribution in [2.75, 3.05) is 0 Å². The first kappa shape index (κ1) is 9.98. The molecule has 0 saturated carbocycles. The molecule has 0 saturated heterocycles. The van der Waals surface area contributed by atoms with Crippen LogP contribution in [-0.2, 0) is 6.54 Å². The molecule has 0 aromatic carbocycles. The molecule has 1 amide bonds. The van der Waals surface area contributed by atoms with Crippen molar-refractivity contribution >= 4 is 17.2 Å². The standard InChI is InChI=1S/C11H12N2OS/c1-8-2-3-10(15-8)11(14)13-7-9-4-5-12-6-9/h2-6,12H,7H2,1H3,(H,13,14). The smallest absolute Gasteiger partial charge is 0.261 e. The van der Waals surface area contributed by atoms with E-state index >= 15 is 0 Å². The summed E-state index contributed by atoms with van der Waals surface area (Å²) in [5, 5.41) is 2.87. The molecule has 2 aromatic rings. The topological polar surface area (TPSA) is 44.9 Å². The molecule has 2 aromatic heterocycles. The normalized spacial score (nSPS) is 10.2. The number of rotatable bonds is 3. The van der Waals surface area contributed by atoms with Crippen LogP contribution in [0.15, 0.2) is 30.6 Å². The maximum atomic E-state index is 11.6. The third-order valence-corrected chi connectivity index (χ3v) is 3.08. The number of nitrogens with one attached hydrogen (secondary N) is 2. The summed E-state index contributed by atoms with van der Waals surface area (Å²) in [7, 11) is 0. The van der Waals surface area contributed by atoms with Crippen LogP contribution in [0.1, 0.15) is 20.1 Å². The summed E-state index contributed by atoms with van der Waals surface area (Å²) in [5.74, 6) is -0.00528. The van der Waals surface area contributed by atoms with Crippen LogP contribution in [0.3, 0.4) is 0 Å². The van der Waals surface area contributed by atoms with Gasteiger partial charge in [-0.2, -0.15) is 0 Å². The van der Waals surface area contributed by atoms with E-state index in [1.807, 2.05) is 37.5 Å². The second-order valence-corrected chi connectivity index (χ2v) is 4.60. The van der Waals surface area contributed by atoms with Gasteiger partial charge in [0.1, 0.15) is 0 Å². The van der Waals surface area contributed by atoms with Crippen molar-refractivity contribution in [3.63, 3.8) is 0 Å². The number of thiophene rings is 1. The van der Waals surface area contributed by atoms with Gasteiger partial charge in [-0.3, -0.25) is 4.79 Å². The van der Waals surface area contributed by atoms with Crippen LogP contribution >= 0.6 is 11.3 Å². The average Bonchev–Trinajstić information content (AvgIpc) is 2.84. The molecular formula is C11H12N2OS. The summed E-state index contributed by atoms with van der Waals surface area (Å²) in [4.78, 5) is 16.5. The molecule has 78 valence electrons. The first-order valence-electron chi connectivity index (χ1n) is 4.72. The minimum absolute atomic E-state index is 0.00528. The van der Waals surface area contributed by atoms with E-state index in [0.717, 1.165) is 15.3 Å². The summed E-state index contributed by atoms with van der Waals surface area (Å²) in [6.45, 7) is 2.56. The highest BCUT2D eigenvalue weighted by molar-refractivity contribution is 7.13. The molecule has 4 heteroatoms. The van der Waals surface area contributed by atoms with Crippen molar-refractivity contribution in [3.8, 4) is 0 Å². The quantitative estimate of drug-likeness (QED) is 0.819. The molecular weight excluding hydrogens is 208 g/mol. The molecule has 2 N–H and O–H groups in total. The van der Waals surface area contributed by atoms with E-state index in [9.17, 15) is 4.79 Å². The van der Waals surface area contributed by atoms with Gasteiger partial charge in [0.15, 0.2) is 0 Å². The van der Waals surface area contributed by atoms with Gasteiger partial charge in [0, 0.05) is 23.8 Å². The lowest BCUT2D eigenvalue weighted by atomic mass is 10.3. The Morgan fingerprint density at radius 3 is 2.93 bits per heavy atom. The number of carbonyl (C=O) groups excluding carboxylic acids is 1. The van der Waals surface area contributed by atoms with Crippen LogP contribution in [-0.4, -0.2) is 10.9 Å². The fourth-order valence-electron chi connectivity index (χ4n) is 1.29. The van der Waals surface area contributed by atoms with E-state index in [2.05, 4.69) is 10.3 Å². The van der Waals surface area contributed by atoms with Crippen molar-refractivity contribution in [1.82, 2.24) is 10.3 Å². The Morgan fingerprint density at radius 2 is 2.33 bits per heavy atom. The SMILES string of the molecule is Cc1ccc(C(=O)NCc2cc[nH]c2)s1. The molecule has 0 fully saturated rings. The zero-order valence-corrected chi connectivity index (χ0v) is 9.23. The van der Waals surface area contributed by atoms with Gasteiger partial charge in [0.2, 0.25) is 0 Å². The lowest BCUT2D eigenvalue weighted by Gasteiger charge is -2.00. The Bertz CT molecular complexity index is 445. The van der Waals surface area contributed by atoms with E-state index in [4.69, 9.17) is 0 Å². The maximum Gasteiger partial charge on any atom is 0.261 e. The van der Waals surface area contributed by atoms with Gasteiger partial charge < -0.3 is 10.3 Å². The number of hydrogen-bond donors (Lipinski definition) is 2. The Balaban J connectivity index is 1.93. The van der Waals surface area contributed by atoms with Gasteiger partial charge in [-0.1, -0.05) is 0 Å². The Kier molecular flexibility index (Phi) is 2.87. The van der Waals surface area contributed by atoms with Crippen LogP contribution in [0.2, 0.25) is 0 Å². The predicted octanol–water partition coefficient (Wildman–Crippen LogP) is 2.31. The Hall–Kier alpha value is -1.55. The van der Waals surface area contributed by atoms with Crippen LogP contribution in [0, 0.1) is 6.92 Å². The van der Waals surface area contributed by atoms with Crippen LogP contribution in [0.5, 0.6) is 0 Å². The molecule has 0 aliphatic heterocycles. The first-order chi connectivity index (χ1) is 7.25. The molecule has 2 rings (SSSR count). The van der Waals surface area contributed by atoms with Gasteiger partial charge in [-0.25, -0.2) is 0 Å². The van der Waals surface area contributed by atoms with Gasteiger partial charge in [0.05, 0.1) is 4.88 Å². The summed E-state index contributed by atoms with van der Waals surface area (Å²) >= 11 is 1.51. The van der Waals surface area contributed by atoms with Crippen molar-refractivity contribution in [1.29, 1.82) is 0 Å². The minimum Gasteiger partial charge on any atom is -0.367 e. The largest absolute Gasteiger partial charge is 0.367 e. The van der Waals surface area contributed by atoms with Gasteiger partial charge >= 0.3 is 0 Å². The molecule has 0 bridgehead atoms. The fourth-order valence-corrected chi connectivity index (χ4v) is 2.08. The van der Waals surface area contributed by atoms with E-state index < -0.39 is 0 Å². The van der Waals surface area contributed by atoms with E-state index in [0.29, 0.717) is 6.54 Å². The van der Waals surface area contributed by atoms with Crippen molar-refractivity contribution in [3.05, 3.63) is 45.9 Å². The zero-order valence-electron chi connectivity index (χ0n) is 8.41. The van der Waals surface area contributed by atoms with Crippen molar-refractivity contribution < 1.29 is 4.79 Å². The molecule has 0 aliphatic rings. The number of carbonyl (C=O) groups is 1. The number of H-pyrrole nitrogens is 1. The van der Waals surface area contributed by atoms with Gasteiger partial charge in [-0.05, 0) is 30.7 Å². The zero-order chi connectivity index (χ0) is 10.7. The second-order valence-electron chi connectivity index (χ2n) is 3.31. The van der Waals surface area contributed by atoms with Crippen LogP contribution < -0.4 is 5.32 Å². The Morgan fingerprint density at radius 1 is 1.47 bits per heavy atom. The summed E-state index contributed by atoms with van der Waals surface area (Å²) < 4.78 is 0. The van der Waals surface area contributed by atoms with E-state index in [1.165, 1.54) is 11.3 Å². The number of aryl methyl sites for hydroxylation is 1. The number of hydrogen-bond acceptors (Lipinski definition) is 2. The second kappa shape index (κ2) is 4.31. The monoisotopic (exact) mass is 220 g/mol. The van der Waals surface area contributed by atoms with Gasteiger partial charge in [0.25, 0.3) is 5.91 Å². The van der Waals surface area contributed by atoms with Crippen LogP contribution in [0.25, 0.3) is 0 Å². The predicted molar refractivity (Wildman–Crippen MR) is 61.0 cm³/mol. The molecule has 0 radical (unpaired) electrons. The molecule has 0 aliphatic carbocycles. The number of aromatic nitrogens is 1. The van der Waals surface area contributed by atoms with Gasteiger partial charge in [-0.15, -0.1) is 11.3 Å². The molecule has 2 heterocycles. The average molecular weight is 220 g/mol. The summed E-state index contributed by atoms with van der Waals surface area (Å²) in [6, 6.07) is 5.75. The maximum absolute atomic E-state index is 11.6. The van der Waals surface area contributed by atoms with Crippen LogP contribution in [0.4, 0.5) is 0 Å². The third kappa shape index (κ3) is 2.47. The number of aromatic amines is 1. The summed E-state index contributed by atoms with van der Waals surface area (Å²) in [6.07, 6.45) is 3.72. The highest BCUT2D eigenvalue weighted by atomic mass is 32.1. The lowest BCUT2D eigenvalue weighted by Crippen LogP contribution is -2.21. The molecule has 0 spiro atoms. The van der Waals surface area contributed by atoms with Crippen molar-refractivity contribution in [2.24, 2.45) is 0 Å². The molecule has 0 atom stereocenters. The summed E-state index contributed by atoms with van der Waals surface area (Å²) in [5.41, 5.74) is 1.08. The highest BCUT2D eigenvalue weighted by Crippen LogP contribution is 2.14. The number of amides is 1. The third-order valence-electron chi connectivity index (χ3n) is 2.08. The first-order valence-corrected chi connectivity index (χ1v) is 5.53. The minimum atomic E-state index is -0.00528. The van der Waals surface area contributed by atoms with Crippen molar-refractivity contribution in [2.45, 2.75) is 13.5 Å². The Labute approximate surface area is 92.1 Å². The van der Waals surface area contributed by atoms with E-state index in [1.54, 1.807) is 0 Å². The molecule has 15 heavy (non-hydrogen) atoms. The molecule has 3 nitrogen and oxygen atoms in total. The molecule has 0 unspecified atom stereocenters.